The number of rotatable bonds is 6. The second-order valence-corrected chi connectivity index (χ2v) is 9.34. The van der Waals surface area contributed by atoms with Gasteiger partial charge in [-0.3, -0.25) is 0 Å². The molecule has 6 nitrogen and oxygen atoms in total. The lowest BCUT2D eigenvalue weighted by Crippen LogP contribution is -2.27. The molecule has 164 valence electrons. The first-order valence-electron chi connectivity index (χ1n) is 11.7. The molecular formula is C24H35N3O3. The van der Waals surface area contributed by atoms with E-state index in [2.05, 4.69) is 18.8 Å². The summed E-state index contributed by atoms with van der Waals surface area (Å²) >= 11 is 0. The molecule has 1 atom stereocenters. The maximum Gasteiger partial charge on any atom is 0.224 e. The molecule has 2 saturated carbocycles. The Balaban J connectivity index is 1.66. The average molecular weight is 414 g/mol. The van der Waals surface area contributed by atoms with Crippen LogP contribution in [0, 0.1) is 5.92 Å². The minimum absolute atomic E-state index is 0.0829. The first-order chi connectivity index (χ1) is 14.5. The van der Waals surface area contributed by atoms with Crippen LogP contribution < -0.4 is 4.74 Å². The molecule has 2 heterocycles. The zero-order valence-electron chi connectivity index (χ0n) is 18.3. The molecule has 0 saturated heterocycles. The van der Waals surface area contributed by atoms with Crippen molar-refractivity contribution in [3.63, 3.8) is 0 Å². The standard InChI is InChI=1S/C24H35N3O3/c1-3-15(2)12-22-25-14-21-23(27-22)20(16-4-6-17(28)7-5-16)13-26-24(21)30-19-10-8-18(29)9-11-19/h13-19,28-29H,3-12H2,1-2H3/t15-,16?,17?,18?,19?/m0/s1. The van der Waals surface area contributed by atoms with Crippen LogP contribution in [0.4, 0.5) is 0 Å². The van der Waals surface area contributed by atoms with Gasteiger partial charge in [-0.1, -0.05) is 20.3 Å². The zero-order chi connectivity index (χ0) is 21.1. The van der Waals surface area contributed by atoms with Gasteiger partial charge in [0.2, 0.25) is 5.88 Å². The third-order valence-corrected chi connectivity index (χ3v) is 6.95. The molecule has 0 spiro atoms. The quantitative estimate of drug-likeness (QED) is 0.733. The molecule has 6 heteroatoms. The Morgan fingerprint density at radius 2 is 1.63 bits per heavy atom. The van der Waals surface area contributed by atoms with E-state index in [0.29, 0.717) is 17.7 Å². The molecule has 4 rings (SSSR count). The van der Waals surface area contributed by atoms with Gasteiger partial charge in [-0.15, -0.1) is 0 Å². The molecule has 0 aliphatic heterocycles. The van der Waals surface area contributed by atoms with Crippen LogP contribution in [0.25, 0.3) is 10.9 Å². The van der Waals surface area contributed by atoms with Crippen molar-refractivity contribution in [3.8, 4) is 5.88 Å². The maximum atomic E-state index is 9.92. The SMILES string of the molecule is CC[C@H](C)Cc1ncc2c(OC3CCC(O)CC3)ncc(C3CCC(O)CC3)c2n1. The highest BCUT2D eigenvalue weighted by Gasteiger charge is 2.26. The number of aliphatic hydroxyl groups excluding tert-OH is 2. The predicted octanol–water partition coefficient (Wildman–Crippen LogP) is 4.31. The topological polar surface area (TPSA) is 88.4 Å². The van der Waals surface area contributed by atoms with E-state index < -0.39 is 0 Å². The first-order valence-corrected chi connectivity index (χ1v) is 11.7. The summed E-state index contributed by atoms with van der Waals surface area (Å²) in [7, 11) is 0. The molecule has 2 aliphatic rings. The fourth-order valence-electron chi connectivity index (χ4n) is 4.71. The summed E-state index contributed by atoms with van der Waals surface area (Å²) in [5, 5.41) is 20.6. The van der Waals surface area contributed by atoms with Crippen molar-refractivity contribution in [3.05, 3.63) is 23.8 Å². The van der Waals surface area contributed by atoms with Gasteiger partial charge in [0.25, 0.3) is 0 Å². The largest absolute Gasteiger partial charge is 0.474 e. The lowest BCUT2D eigenvalue weighted by atomic mass is 9.82. The van der Waals surface area contributed by atoms with Gasteiger partial charge >= 0.3 is 0 Å². The van der Waals surface area contributed by atoms with Crippen LogP contribution in [0.3, 0.4) is 0 Å². The highest BCUT2D eigenvalue weighted by molar-refractivity contribution is 5.85. The lowest BCUT2D eigenvalue weighted by Gasteiger charge is -2.28. The number of ether oxygens (including phenoxy) is 1. The Morgan fingerprint density at radius 3 is 2.30 bits per heavy atom. The van der Waals surface area contributed by atoms with Crippen molar-refractivity contribution in [2.24, 2.45) is 5.92 Å². The summed E-state index contributed by atoms with van der Waals surface area (Å²) < 4.78 is 6.28. The van der Waals surface area contributed by atoms with E-state index in [0.717, 1.165) is 86.5 Å². The molecule has 2 N–H and O–H groups in total. The number of fused-ring (bicyclic) bond motifs is 1. The summed E-state index contributed by atoms with van der Waals surface area (Å²) in [5.74, 6) is 2.41. The molecular weight excluding hydrogens is 378 g/mol. The minimum Gasteiger partial charge on any atom is -0.474 e. The van der Waals surface area contributed by atoms with E-state index in [4.69, 9.17) is 14.7 Å². The highest BCUT2D eigenvalue weighted by atomic mass is 16.5. The Bertz CT molecular complexity index is 843. The first kappa shape index (κ1) is 21.4. The van der Waals surface area contributed by atoms with Gasteiger partial charge in [-0.25, -0.2) is 15.0 Å². The summed E-state index contributed by atoms with van der Waals surface area (Å²) in [6.07, 6.45) is 12.3. The van der Waals surface area contributed by atoms with Gasteiger partial charge in [0.1, 0.15) is 11.9 Å². The average Bonchev–Trinajstić information content (AvgIpc) is 2.76. The second-order valence-electron chi connectivity index (χ2n) is 9.34. The Hall–Kier alpha value is -1.79. The smallest absolute Gasteiger partial charge is 0.224 e. The van der Waals surface area contributed by atoms with Crippen molar-refractivity contribution in [2.75, 3.05) is 0 Å². The van der Waals surface area contributed by atoms with Crippen molar-refractivity contribution in [1.82, 2.24) is 15.0 Å². The van der Waals surface area contributed by atoms with E-state index in [1.54, 1.807) is 0 Å². The molecule has 2 aromatic heterocycles. The van der Waals surface area contributed by atoms with Crippen molar-refractivity contribution >= 4 is 10.9 Å². The van der Waals surface area contributed by atoms with Crippen LogP contribution in [0.1, 0.15) is 88.9 Å². The molecule has 0 radical (unpaired) electrons. The predicted molar refractivity (Wildman–Crippen MR) is 117 cm³/mol. The molecule has 0 bridgehead atoms. The summed E-state index contributed by atoms with van der Waals surface area (Å²) in [4.78, 5) is 14.3. The van der Waals surface area contributed by atoms with Crippen LogP contribution in [-0.4, -0.2) is 43.5 Å². The van der Waals surface area contributed by atoms with Crippen molar-refractivity contribution in [1.29, 1.82) is 0 Å². The number of hydrogen-bond donors (Lipinski definition) is 2. The van der Waals surface area contributed by atoms with Crippen molar-refractivity contribution < 1.29 is 14.9 Å². The van der Waals surface area contributed by atoms with Crippen LogP contribution in [0.2, 0.25) is 0 Å². The Morgan fingerprint density at radius 1 is 0.967 bits per heavy atom. The van der Waals surface area contributed by atoms with Crippen LogP contribution in [-0.2, 0) is 6.42 Å². The maximum absolute atomic E-state index is 9.92. The molecule has 2 aliphatic carbocycles. The van der Waals surface area contributed by atoms with Gasteiger partial charge in [-0.05, 0) is 63.2 Å². The fourth-order valence-corrected chi connectivity index (χ4v) is 4.71. The van der Waals surface area contributed by atoms with Gasteiger partial charge in [0.15, 0.2) is 0 Å². The summed E-state index contributed by atoms with van der Waals surface area (Å²) in [6.45, 7) is 4.43. The minimum atomic E-state index is -0.204. The van der Waals surface area contributed by atoms with Crippen LogP contribution in [0.5, 0.6) is 5.88 Å². The molecule has 0 unspecified atom stereocenters. The number of hydrogen-bond acceptors (Lipinski definition) is 6. The van der Waals surface area contributed by atoms with Crippen LogP contribution >= 0.6 is 0 Å². The zero-order valence-corrected chi connectivity index (χ0v) is 18.3. The lowest BCUT2D eigenvalue weighted by molar-refractivity contribution is 0.0651. The molecule has 0 amide bonds. The Kier molecular flexibility index (Phi) is 6.84. The van der Waals surface area contributed by atoms with Crippen LogP contribution in [0.15, 0.2) is 12.4 Å². The number of nitrogens with zero attached hydrogens (tertiary/aromatic N) is 3. The third kappa shape index (κ3) is 4.92. The van der Waals surface area contributed by atoms with E-state index in [9.17, 15) is 10.2 Å². The Labute approximate surface area is 179 Å². The molecule has 30 heavy (non-hydrogen) atoms. The number of pyridine rings is 1. The highest BCUT2D eigenvalue weighted by Crippen LogP contribution is 2.38. The second kappa shape index (κ2) is 9.56. The van der Waals surface area contributed by atoms with Gasteiger partial charge < -0.3 is 14.9 Å². The molecule has 2 aromatic rings. The van der Waals surface area contributed by atoms with E-state index in [-0.39, 0.29) is 18.3 Å². The third-order valence-electron chi connectivity index (χ3n) is 6.95. The summed E-state index contributed by atoms with van der Waals surface area (Å²) in [6, 6.07) is 0. The van der Waals surface area contributed by atoms with Gasteiger partial charge in [0, 0.05) is 24.4 Å². The molecule has 0 aromatic carbocycles. The van der Waals surface area contributed by atoms with E-state index in [1.807, 2.05) is 12.4 Å². The number of aliphatic hydroxyl groups is 2. The van der Waals surface area contributed by atoms with E-state index in [1.165, 1.54) is 0 Å². The van der Waals surface area contributed by atoms with Gasteiger partial charge in [0.05, 0.1) is 23.1 Å². The van der Waals surface area contributed by atoms with E-state index >= 15 is 0 Å². The number of aromatic nitrogens is 3. The molecule has 2 fully saturated rings. The van der Waals surface area contributed by atoms with Gasteiger partial charge in [-0.2, -0.15) is 0 Å². The fraction of sp³-hybridized carbons (Fsp3) is 0.708. The summed E-state index contributed by atoms with van der Waals surface area (Å²) in [5.41, 5.74) is 2.13. The normalized spacial score (nSPS) is 28.4. The monoisotopic (exact) mass is 413 g/mol. The van der Waals surface area contributed by atoms with Crippen molar-refractivity contribution in [2.45, 2.75) is 102 Å².